The van der Waals surface area contributed by atoms with Gasteiger partial charge in [0, 0.05) is 0 Å². The van der Waals surface area contributed by atoms with E-state index in [-0.39, 0.29) is 23.8 Å². The van der Waals surface area contributed by atoms with Crippen LogP contribution < -0.4 is 14.8 Å². The van der Waals surface area contributed by atoms with Crippen molar-refractivity contribution < 1.29 is 27.5 Å². The molecule has 7 heteroatoms. The molecule has 0 saturated carbocycles. The molecule has 0 aliphatic carbocycles. The number of alkyl halides is 2. The minimum atomic E-state index is -3.00. The van der Waals surface area contributed by atoms with Crippen LogP contribution in [0.5, 0.6) is 11.5 Å². The fourth-order valence-corrected chi connectivity index (χ4v) is 2.65. The summed E-state index contributed by atoms with van der Waals surface area (Å²) < 4.78 is 40.9. The molecule has 0 radical (unpaired) electrons. The van der Waals surface area contributed by atoms with E-state index in [9.17, 15) is 13.6 Å². The van der Waals surface area contributed by atoms with Crippen LogP contribution in [0, 0.1) is 20.8 Å². The average molecular weight is 401 g/mol. The van der Waals surface area contributed by atoms with Crippen LogP contribution >= 0.6 is 0 Å². The molecule has 0 unspecified atom stereocenters. The highest BCUT2D eigenvalue weighted by Crippen LogP contribution is 2.28. The van der Waals surface area contributed by atoms with E-state index in [1.54, 1.807) is 19.1 Å². The van der Waals surface area contributed by atoms with E-state index in [1.165, 1.54) is 23.8 Å². The highest BCUT2D eigenvalue weighted by atomic mass is 19.3. The second kappa shape index (κ2) is 8.77. The number of rotatable bonds is 7. The number of hydrogen-bond donors (Lipinski definition) is 1. The van der Waals surface area contributed by atoms with Crippen LogP contribution in [0.25, 0.3) is 0 Å². The molecular formula is C22H21F2NO4. The van der Waals surface area contributed by atoms with E-state index < -0.39 is 12.5 Å². The Morgan fingerprint density at radius 1 is 1.03 bits per heavy atom. The van der Waals surface area contributed by atoms with Crippen LogP contribution in [0.3, 0.4) is 0 Å². The van der Waals surface area contributed by atoms with E-state index in [0.717, 1.165) is 11.1 Å². The number of hydrogen-bond acceptors (Lipinski definition) is 4. The summed E-state index contributed by atoms with van der Waals surface area (Å²) in [6, 6.07) is 13.5. The number of halogens is 2. The van der Waals surface area contributed by atoms with Crippen LogP contribution in [0.15, 0.2) is 52.9 Å². The molecule has 0 fully saturated rings. The van der Waals surface area contributed by atoms with Crippen molar-refractivity contribution in [1.82, 2.24) is 0 Å². The molecule has 5 nitrogen and oxygen atoms in total. The third kappa shape index (κ3) is 5.34. The summed E-state index contributed by atoms with van der Waals surface area (Å²) in [6.45, 7) is 2.90. The standard InChI is InChI=1S/C22H21F2NO4/c1-13-4-8-18(20(10-13)29-22(23)24)25-21(26)19-9-7-17(28-19)12-27-16-6-5-14(2)15(3)11-16/h4-11,22H,12H2,1-3H3,(H,25,26). The first-order valence-electron chi connectivity index (χ1n) is 8.97. The first kappa shape index (κ1) is 20.4. The largest absolute Gasteiger partial charge is 0.486 e. The van der Waals surface area contributed by atoms with Gasteiger partial charge in [-0.05, 0) is 73.9 Å². The van der Waals surface area contributed by atoms with Gasteiger partial charge in [-0.3, -0.25) is 4.79 Å². The number of aryl methyl sites for hydroxylation is 3. The van der Waals surface area contributed by atoms with Crippen molar-refractivity contribution in [1.29, 1.82) is 0 Å². The number of ether oxygens (including phenoxy) is 2. The molecule has 1 heterocycles. The van der Waals surface area contributed by atoms with Crippen molar-refractivity contribution in [2.75, 3.05) is 5.32 Å². The average Bonchev–Trinajstić information content (AvgIpc) is 3.13. The Hall–Kier alpha value is -3.35. The molecule has 1 aromatic heterocycles. The molecule has 0 saturated heterocycles. The highest BCUT2D eigenvalue weighted by Gasteiger charge is 2.16. The first-order valence-corrected chi connectivity index (χ1v) is 8.97. The number of carbonyl (C=O) groups is 1. The minimum Gasteiger partial charge on any atom is -0.486 e. The van der Waals surface area contributed by atoms with E-state index in [0.29, 0.717) is 11.5 Å². The Bertz CT molecular complexity index is 1010. The van der Waals surface area contributed by atoms with Gasteiger partial charge < -0.3 is 19.2 Å². The monoisotopic (exact) mass is 401 g/mol. The zero-order chi connectivity index (χ0) is 21.0. The lowest BCUT2D eigenvalue weighted by Gasteiger charge is -2.12. The molecule has 0 aliphatic rings. The van der Waals surface area contributed by atoms with E-state index in [1.807, 2.05) is 32.0 Å². The van der Waals surface area contributed by atoms with Gasteiger partial charge in [-0.2, -0.15) is 8.78 Å². The summed E-state index contributed by atoms with van der Waals surface area (Å²) >= 11 is 0. The highest BCUT2D eigenvalue weighted by molar-refractivity contribution is 6.03. The molecule has 0 atom stereocenters. The molecule has 3 rings (SSSR count). The summed E-state index contributed by atoms with van der Waals surface area (Å²) in [5.74, 6) is 0.501. The van der Waals surface area contributed by atoms with Gasteiger partial charge in [0.05, 0.1) is 5.69 Å². The van der Waals surface area contributed by atoms with E-state index in [2.05, 4.69) is 10.1 Å². The number of anilines is 1. The Balaban J connectivity index is 1.66. The minimum absolute atomic E-state index is 0.0345. The smallest absolute Gasteiger partial charge is 0.387 e. The molecule has 3 aromatic rings. The van der Waals surface area contributed by atoms with Gasteiger partial charge in [-0.15, -0.1) is 0 Å². The summed E-state index contributed by atoms with van der Waals surface area (Å²) in [5.41, 5.74) is 3.13. The van der Waals surface area contributed by atoms with Crippen LogP contribution in [0.1, 0.15) is 33.0 Å². The first-order chi connectivity index (χ1) is 13.8. The fraction of sp³-hybridized carbons (Fsp3) is 0.227. The van der Waals surface area contributed by atoms with Crippen molar-refractivity contribution in [2.24, 2.45) is 0 Å². The van der Waals surface area contributed by atoms with Crippen molar-refractivity contribution in [2.45, 2.75) is 34.0 Å². The quantitative estimate of drug-likeness (QED) is 0.557. The van der Waals surface area contributed by atoms with Gasteiger partial charge >= 0.3 is 6.61 Å². The normalized spacial score (nSPS) is 10.8. The zero-order valence-electron chi connectivity index (χ0n) is 16.3. The summed E-state index contributed by atoms with van der Waals surface area (Å²) in [4.78, 5) is 12.4. The zero-order valence-corrected chi connectivity index (χ0v) is 16.3. The van der Waals surface area contributed by atoms with Crippen molar-refractivity contribution in [3.8, 4) is 11.5 Å². The molecule has 0 spiro atoms. The lowest BCUT2D eigenvalue weighted by atomic mass is 10.1. The number of nitrogens with one attached hydrogen (secondary N) is 1. The number of amides is 1. The Morgan fingerprint density at radius 3 is 2.55 bits per heavy atom. The van der Waals surface area contributed by atoms with Crippen LogP contribution in [-0.2, 0) is 6.61 Å². The van der Waals surface area contributed by atoms with Crippen molar-refractivity contribution in [3.63, 3.8) is 0 Å². The molecule has 0 aliphatic heterocycles. The molecule has 2 aromatic carbocycles. The molecule has 1 N–H and O–H groups in total. The second-order valence-corrected chi connectivity index (χ2v) is 6.63. The number of benzene rings is 2. The van der Waals surface area contributed by atoms with Crippen LogP contribution in [-0.4, -0.2) is 12.5 Å². The third-order valence-electron chi connectivity index (χ3n) is 4.35. The lowest BCUT2D eigenvalue weighted by molar-refractivity contribution is -0.0494. The van der Waals surface area contributed by atoms with Gasteiger partial charge in [-0.25, -0.2) is 0 Å². The summed E-state index contributed by atoms with van der Waals surface area (Å²) in [5, 5.41) is 2.53. The Kier molecular flexibility index (Phi) is 6.16. The molecule has 1 amide bonds. The predicted molar refractivity (Wildman–Crippen MR) is 105 cm³/mol. The number of carbonyl (C=O) groups excluding carboxylic acids is 1. The Labute approximate surface area is 167 Å². The maximum atomic E-state index is 12.6. The maximum absolute atomic E-state index is 12.6. The number of furan rings is 1. The topological polar surface area (TPSA) is 60.7 Å². The van der Waals surface area contributed by atoms with Gasteiger partial charge in [0.15, 0.2) is 5.76 Å². The predicted octanol–water partition coefficient (Wildman–Crippen LogP) is 5.64. The van der Waals surface area contributed by atoms with Gasteiger partial charge in [0.25, 0.3) is 5.91 Å². The SMILES string of the molecule is Cc1ccc(NC(=O)c2ccc(COc3ccc(C)c(C)c3)o2)c(OC(F)F)c1. The van der Waals surface area contributed by atoms with E-state index in [4.69, 9.17) is 9.15 Å². The Morgan fingerprint density at radius 2 is 1.83 bits per heavy atom. The summed E-state index contributed by atoms with van der Waals surface area (Å²) in [7, 11) is 0. The lowest BCUT2D eigenvalue weighted by Crippen LogP contribution is -2.13. The van der Waals surface area contributed by atoms with Crippen molar-refractivity contribution >= 4 is 11.6 Å². The molecular weight excluding hydrogens is 380 g/mol. The van der Waals surface area contributed by atoms with E-state index >= 15 is 0 Å². The third-order valence-corrected chi connectivity index (χ3v) is 4.35. The molecule has 152 valence electrons. The van der Waals surface area contributed by atoms with Crippen molar-refractivity contribution in [3.05, 3.63) is 76.7 Å². The van der Waals surface area contributed by atoms with Crippen LogP contribution in [0.2, 0.25) is 0 Å². The van der Waals surface area contributed by atoms with Gasteiger partial charge in [-0.1, -0.05) is 12.1 Å². The van der Waals surface area contributed by atoms with Gasteiger partial charge in [0.2, 0.25) is 0 Å². The fourth-order valence-electron chi connectivity index (χ4n) is 2.65. The second-order valence-electron chi connectivity index (χ2n) is 6.63. The van der Waals surface area contributed by atoms with Gasteiger partial charge in [0.1, 0.15) is 23.9 Å². The summed E-state index contributed by atoms with van der Waals surface area (Å²) in [6.07, 6.45) is 0. The maximum Gasteiger partial charge on any atom is 0.387 e. The van der Waals surface area contributed by atoms with Crippen LogP contribution in [0.4, 0.5) is 14.5 Å². The molecule has 0 bridgehead atoms. The molecule has 29 heavy (non-hydrogen) atoms.